The number of aliphatic hydroxyl groups is 1. The van der Waals surface area contributed by atoms with Crippen LogP contribution in [0.1, 0.15) is 39.2 Å². The maximum absolute atomic E-state index is 15.1. The van der Waals surface area contributed by atoms with Gasteiger partial charge in [0.05, 0.1) is 39.9 Å². The largest absolute Gasteiger partial charge is 0.394 e. The number of halogens is 1. The van der Waals surface area contributed by atoms with Crippen molar-refractivity contribution in [1.29, 1.82) is 0 Å². The minimum absolute atomic E-state index is 0.0228. The fourth-order valence-electron chi connectivity index (χ4n) is 8.01. The second-order valence-electron chi connectivity index (χ2n) is 13.0. The van der Waals surface area contributed by atoms with Crippen LogP contribution in [0.5, 0.6) is 0 Å². The molecule has 3 heterocycles. The van der Waals surface area contributed by atoms with Crippen LogP contribution in [0.4, 0.5) is 11.4 Å². The van der Waals surface area contributed by atoms with Crippen LogP contribution in [0.15, 0.2) is 73.8 Å². The zero-order chi connectivity index (χ0) is 32.6. The molecule has 9 heteroatoms. The molecule has 3 aliphatic rings. The van der Waals surface area contributed by atoms with Gasteiger partial charge in [-0.25, -0.2) is 0 Å². The standard InChI is InChI=1S/C36H44ClN3O4S/c1-7-17-38(25-14-10-9-11-15-25)33(42)29-28-20-24(6)36(45-28)30(29)34(43)40(26(21-41)19-22(3)4)32(36)35(44)39(18-8-2)31-23(5)13-12-16-27(31)37/h7-16,22,24,26,28-30,32,41H,1-2,17-21H2,3-6H3/t24?,26-,28-,29+,30+,32?,36?/m1/s1. The molecule has 45 heavy (non-hydrogen) atoms. The highest BCUT2D eigenvalue weighted by Crippen LogP contribution is 2.69. The first-order valence-electron chi connectivity index (χ1n) is 15.8. The molecule has 0 saturated carbocycles. The first-order valence-corrected chi connectivity index (χ1v) is 17.0. The number of aryl methyl sites for hydroxylation is 1. The second kappa shape index (κ2) is 13.3. The van der Waals surface area contributed by atoms with Crippen molar-refractivity contribution in [3.8, 4) is 0 Å². The van der Waals surface area contributed by atoms with E-state index in [4.69, 9.17) is 11.6 Å². The Bertz CT molecular complexity index is 1450. The van der Waals surface area contributed by atoms with E-state index < -0.39 is 28.7 Å². The summed E-state index contributed by atoms with van der Waals surface area (Å²) in [4.78, 5) is 49.6. The van der Waals surface area contributed by atoms with Crippen molar-refractivity contribution in [2.75, 3.05) is 29.5 Å². The van der Waals surface area contributed by atoms with Gasteiger partial charge in [0.1, 0.15) is 6.04 Å². The minimum atomic E-state index is -0.895. The summed E-state index contributed by atoms with van der Waals surface area (Å²) in [6.45, 7) is 16.1. The number of rotatable bonds is 12. The van der Waals surface area contributed by atoms with Crippen LogP contribution in [0.2, 0.25) is 5.02 Å². The number of aliphatic hydroxyl groups excluding tert-OH is 1. The molecule has 3 saturated heterocycles. The van der Waals surface area contributed by atoms with Gasteiger partial charge >= 0.3 is 0 Å². The molecule has 7 atom stereocenters. The molecule has 3 unspecified atom stereocenters. The second-order valence-corrected chi connectivity index (χ2v) is 14.9. The predicted molar refractivity (Wildman–Crippen MR) is 184 cm³/mol. The third kappa shape index (κ3) is 5.53. The van der Waals surface area contributed by atoms with Crippen LogP contribution in [0.25, 0.3) is 0 Å². The number of hydrogen-bond donors (Lipinski definition) is 1. The van der Waals surface area contributed by atoms with Gasteiger partial charge < -0.3 is 19.8 Å². The Morgan fingerprint density at radius 2 is 1.76 bits per heavy atom. The van der Waals surface area contributed by atoms with Crippen molar-refractivity contribution in [3.63, 3.8) is 0 Å². The number of benzene rings is 2. The van der Waals surface area contributed by atoms with Crippen molar-refractivity contribution in [2.45, 2.75) is 62.6 Å². The summed E-state index contributed by atoms with van der Waals surface area (Å²) in [6.07, 6.45) is 4.59. The summed E-state index contributed by atoms with van der Waals surface area (Å²) in [5.74, 6) is -1.81. The van der Waals surface area contributed by atoms with Gasteiger partial charge in [-0.3, -0.25) is 14.4 Å². The van der Waals surface area contributed by atoms with Gasteiger partial charge in [-0.15, -0.1) is 24.9 Å². The summed E-state index contributed by atoms with van der Waals surface area (Å²) < 4.78 is -0.853. The number of amides is 3. The van der Waals surface area contributed by atoms with E-state index in [0.717, 1.165) is 11.3 Å². The molecule has 1 N–H and O–H groups in total. The fourth-order valence-corrected chi connectivity index (χ4v) is 10.7. The Hall–Kier alpha value is -3.07. The van der Waals surface area contributed by atoms with E-state index in [-0.39, 0.29) is 48.0 Å². The van der Waals surface area contributed by atoms with E-state index in [1.54, 1.807) is 44.7 Å². The van der Waals surface area contributed by atoms with E-state index in [9.17, 15) is 14.7 Å². The van der Waals surface area contributed by atoms with Crippen LogP contribution in [0.3, 0.4) is 0 Å². The molecule has 0 radical (unpaired) electrons. The molecule has 5 rings (SSSR count). The lowest BCUT2D eigenvalue weighted by Crippen LogP contribution is -2.59. The molecule has 3 amide bonds. The number of carbonyl (C=O) groups is 3. The van der Waals surface area contributed by atoms with E-state index in [0.29, 0.717) is 30.1 Å². The Kier molecular flexibility index (Phi) is 9.87. The average Bonchev–Trinajstić information content (AvgIpc) is 3.61. The van der Waals surface area contributed by atoms with Gasteiger partial charge in [0.15, 0.2) is 0 Å². The number of fused-ring (bicyclic) bond motifs is 1. The lowest BCUT2D eigenvalue weighted by molar-refractivity contribution is -0.142. The molecule has 0 aromatic heterocycles. The van der Waals surface area contributed by atoms with E-state index >= 15 is 4.79 Å². The first kappa shape index (κ1) is 33.3. The molecule has 240 valence electrons. The third-order valence-corrected chi connectivity index (χ3v) is 12.1. The zero-order valence-corrected chi connectivity index (χ0v) is 28.1. The number of para-hydroxylation sites is 2. The molecular formula is C36H44ClN3O4S. The highest BCUT2D eigenvalue weighted by atomic mass is 35.5. The van der Waals surface area contributed by atoms with Crippen LogP contribution in [-0.4, -0.2) is 69.5 Å². The molecule has 3 fully saturated rings. The normalized spacial score (nSPS) is 27.4. The number of nitrogens with zero attached hydrogens (tertiary/aromatic N) is 3. The highest BCUT2D eigenvalue weighted by molar-refractivity contribution is 8.02. The summed E-state index contributed by atoms with van der Waals surface area (Å²) in [7, 11) is 0. The van der Waals surface area contributed by atoms with Gasteiger partial charge in [-0.05, 0) is 55.4 Å². The number of thioether (sulfide) groups is 1. The smallest absolute Gasteiger partial charge is 0.251 e. The molecule has 1 spiro atoms. The summed E-state index contributed by atoms with van der Waals surface area (Å²) in [5.41, 5.74) is 2.15. The molecule has 2 aromatic rings. The predicted octanol–water partition coefficient (Wildman–Crippen LogP) is 6.13. The monoisotopic (exact) mass is 649 g/mol. The van der Waals surface area contributed by atoms with Gasteiger partial charge in [0, 0.05) is 24.0 Å². The molecule has 2 bridgehead atoms. The Balaban J connectivity index is 1.66. The van der Waals surface area contributed by atoms with Crippen molar-refractivity contribution >= 4 is 52.5 Å². The number of anilines is 2. The van der Waals surface area contributed by atoms with Crippen molar-refractivity contribution in [2.24, 2.45) is 23.7 Å². The molecule has 3 aliphatic heterocycles. The van der Waals surface area contributed by atoms with E-state index in [1.807, 2.05) is 63.2 Å². The lowest BCUT2D eigenvalue weighted by atomic mass is 9.65. The maximum atomic E-state index is 15.1. The number of hydrogen-bond acceptors (Lipinski definition) is 5. The van der Waals surface area contributed by atoms with Crippen molar-refractivity contribution in [1.82, 2.24) is 4.90 Å². The van der Waals surface area contributed by atoms with Crippen molar-refractivity contribution < 1.29 is 19.5 Å². The third-order valence-electron chi connectivity index (χ3n) is 9.73. The summed E-state index contributed by atoms with van der Waals surface area (Å²) >= 11 is 8.36. The van der Waals surface area contributed by atoms with Crippen LogP contribution in [0, 0.1) is 30.6 Å². The van der Waals surface area contributed by atoms with Crippen LogP contribution >= 0.6 is 23.4 Å². The average molecular weight is 650 g/mol. The quantitative estimate of drug-likeness (QED) is 0.280. The van der Waals surface area contributed by atoms with Gasteiger partial charge in [0.2, 0.25) is 11.8 Å². The molecule has 2 aromatic carbocycles. The highest BCUT2D eigenvalue weighted by Gasteiger charge is 2.77. The lowest BCUT2D eigenvalue weighted by Gasteiger charge is -2.42. The van der Waals surface area contributed by atoms with Crippen molar-refractivity contribution in [3.05, 3.63) is 84.4 Å². The topological polar surface area (TPSA) is 81.2 Å². The van der Waals surface area contributed by atoms with E-state index in [2.05, 4.69) is 20.1 Å². The van der Waals surface area contributed by atoms with Gasteiger partial charge in [-0.2, -0.15) is 0 Å². The molecular weight excluding hydrogens is 606 g/mol. The maximum Gasteiger partial charge on any atom is 0.251 e. The Morgan fingerprint density at radius 3 is 2.36 bits per heavy atom. The number of likely N-dealkylation sites (tertiary alicyclic amines) is 1. The Morgan fingerprint density at radius 1 is 1.09 bits per heavy atom. The SMILES string of the molecule is C=CCN(C(=O)[C@@H]1[C@H]2C(=O)N([C@@H](CO)CC(C)C)C(C(=O)N(CC=C)c3c(C)cccc3Cl)C23S[C@@H]1CC3C)c1ccccc1. The number of carbonyl (C=O) groups excluding carboxylic acids is 3. The molecule has 7 nitrogen and oxygen atoms in total. The summed E-state index contributed by atoms with van der Waals surface area (Å²) in [6, 6.07) is 13.5. The fraction of sp³-hybridized carbons (Fsp3) is 0.472. The zero-order valence-electron chi connectivity index (χ0n) is 26.6. The minimum Gasteiger partial charge on any atom is -0.394 e. The van der Waals surface area contributed by atoms with E-state index in [1.165, 1.54) is 0 Å². The Labute approximate surface area is 276 Å². The van der Waals surface area contributed by atoms with Crippen LogP contribution in [-0.2, 0) is 14.4 Å². The first-order chi connectivity index (χ1) is 21.5. The van der Waals surface area contributed by atoms with Gasteiger partial charge in [0.25, 0.3) is 5.91 Å². The van der Waals surface area contributed by atoms with Crippen LogP contribution < -0.4 is 9.80 Å². The molecule has 0 aliphatic carbocycles. The van der Waals surface area contributed by atoms with Gasteiger partial charge in [-0.1, -0.05) is 74.9 Å². The summed E-state index contributed by atoms with van der Waals surface area (Å²) in [5, 5.41) is 11.0.